The predicted molar refractivity (Wildman–Crippen MR) is 90.8 cm³/mol. The van der Waals surface area contributed by atoms with Crippen LogP contribution in [0.25, 0.3) is 22.4 Å². The number of benzene rings is 2. The summed E-state index contributed by atoms with van der Waals surface area (Å²) in [6.45, 7) is 4.72. The Kier molecular flexibility index (Phi) is 3.86. The smallest absolute Gasteiger partial charge is 0.141 e. The summed E-state index contributed by atoms with van der Waals surface area (Å²) in [4.78, 5) is 4.78. The van der Waals surface area contributed by atoms with Crippen molar-refractivity contribution in [3.8, 4) is 11.4 Å². The normalized spacial score (nSPS) is 11.2. The van der Waals surface area contributed by atoms with Crippen molar-refractivity contribution in [2.45, 2.75) is 26.8 Å². The lowest BCUT2D eigenvalue weighted by Gasteiger charge is -2.09. The average Bonchev–Trinajstić information content (AvgIpc) is 2.88. The highest BCUT2D eigenvalue weighted by Crippen LogP contribution is 2.28. The highest BCUT2D eigenvalue weighted by Gasteiger charge is 2.13. The molecule has 0 fully saturated rings. The lowest BCUT2D eigenvalue weighted by molar-refractivity contribution is 0.278. The molecule has 0 spiro atoms. The monoisotopic (exact) mass is 295 g/mol. The van der Waals surface area contributed by atoms with Gasteiger partial charge in [0.1, 0.15) is 5.82 Å². The number of fused-ring (bicyclic) bond motifs is 1. The molecule has 0 saturated heterocycles. The van der Waals surface area contributed by atoms with Crippen molar-refractivity contribution < 1.29 is 5.11 Å². The van der Waals surface area contributed by atoms with E-state index in [1.807, 2.05) is 25.1 Å². The molecule has 1 heterocycles. The highest BCUT2D eigenvalue weighted by atomic mass is 16.3. The van der Waals surface area contributed by atoms with Gasteiger partial charge in [0, 0.05) is 17.8 Å². The number of nitrogen functional groups attached to an aromatic ring is 1. The highest BCUT2D eigenvalue weighted by molar-refractivity contribution is 5.82. The molecule has 0 unspecified atom stereocenters. The van der Waals surface area contributed by atoms with E-state index in [1.54, 1.807) is 0 Å². The van der Waals surface area contributed by atoms with Gasteiger partial charge >= 0.3 is 0 Å². The summed E-state index contributed by atoms with van der Waals surface area (Å²) in [6, 6.07) is 12.3. The minimum Gasteiger partial charge on any atom is -0.398 e. The zero-order valence-electron chi connectivity index (χ0n) is 13.0. The van der Waals surface area contributed by atoms with Crippen LogP contribution in [-0.4, -0.2) is 21.3 Å². The lowest BCUT2D eigenvalue weighted by atomic mass is 10.1. The van der Waals surface area contributed by atoms with Crippen molar-refractivity contribution in [1.82, 2.24) is 9.55 Å². The van der Waals surface area contributed by atoms with Gasteiger partial charge < -0.3 is 15.4 Å². The molecule has 1 aromatic heterocycles. The molecule has 3 N–H and O–H groups in total. The Morgan fingerprint density at radius 1 is 1.18 bits per heavy atom. The molecule has 22 heavy (non-hydrogen) atoms. The summed E-state index contributed by atoms with van der Waals surface area (Å²) >= 11 is 0. The minimum absolute atomic E-state index is 0.0787. The van der Waals surface area contributed by atoms with Gasteiger partial charge in [-0.2, -0.15) is 0 Å². The molecule has 0 saturated carbocycles. The molecule has 0 bridgehead atoms. The van der Waals surface area contributed by atoms with Gasteiger partial charge in [0.15, 0.2) is 0 Å². The topological polar surface area (TPSA) is 64.1 Å². The molecule has 3 aromatic rings. The Bertz CT molecular complexity index is 821. The fraction of sp³-hybridized carbons (Fsp3) is 0.278. The first kappa shape index (κ1) is 14.6. The molecule has 0 aliphatic carbocycles. The molecule has 114 valence electrons. The van der Waals surface area contributed by atoms with E-state index in [2.05, 4.69) is 29.7 Å². The quantitative estimate of drug-likeness (QED) is 0.727. The van der Waals surface area contributed by atoms with Crippen molar-refractivity contribution in [1.29, 1.82) is 0 Å². The fourth-order valence-electron chi connectivity index (χ4n) is 2.72. The maximum Gasteiger partial charge on any atom is 0.141 e. The van der Waals surface area contributed by atoms with Crippen LogP contribution in [0, 0.1) is 6.92 Å². The number of imidazole rings is 1. The van der Waals surface area contributed by atoms with Gasteiger partial charge in [-0.3, -0.25) is 0 Å². The van der Waals surface area contributed by atoms with Crippen LogP contribution in [0.2, 0.25) is 0 Å². The van der Waals surface area contributed by atoms with Crippen molar-refractivity contribution in [2.75, 3.05) is 12.3 Å². The van der Waals surface area contributed by atoms with Crippen LogP contribution < -0.4 is 5.73 Å². The Labute approximate surface area is 130 Å². The number of aryl methyl sites for hydroxylation is 2. The second-order valence-electron chi connectivity index (χ2n) is 5.56. The van der Waals surface area contributed by atoms with E-state index in [-0.39, 0.29) is 6.61 Å². The SMILES string of the molecule is CCc1ccc2c(c1)nc(-c1ccc(C)c(N)c1)n2CCO. The molecule has 4 nitrogen and oxygen atoms in total. The summed E-state index contributed by atoms with van der Waals surface area (Å²) < 4.78 is 2.05. The Morgan fingerprint density at radius 3 is 2.68 bits per heavy atom. The number of nitrogens with two attached hydrogens (primary N) is 1. The third-order valence-electron chi connectivity index (χ3n) is 4.08. The van der Waals surface area contributed by atoms with Crippen LogP contribution in [0.1, 0.15) is 18.1 Å². The van der Waals surface area contributed by atoms with Crippen LogP contribution in [-0.2, 0) is 13.0 Å². The van der Waals surface area contributed by atoms with E-state index in [0.29, 0.717) is 6.54 Å². The van der Waals surface area contributed by atoms with Crippen LogP contribution in [0.4, 0.5) is 5.69 Å². The first-order chi connectivity index (χ1) is 10.6. The van der Waals surface area contributed by atoms with Gasteiger partial charge in [0.25, 0.3) is 0 Å². The first-order valence-electron chi connectivity index (χ1n) is 7.60. The maximum atomic E-state index is 9.40. The van der Waals surface area contributed by atoms with Crippen LogP contribution in [0.5, 0.6) is 0 Å². The van der Waals surface area contributed by atoms with E-state index in [1.165, 1.54) is 5.56 Å². The molecular weight excluding hydrogens is 274 g/mol. The molecule has 0 amide bonds. The Morgan fingerprint density at radius 2 is 2.00 bits per heavy atom. The first-order valence-corrected chi connectivity index (χ1v) is 7.60. The van der Waals surface area contributed by atoms with Crippen molar-refractivity contribution in [3.05, 3.63) is 47.5 Å². The summed E-state index contributed by atoms with van der Waals surface area (Å²) in [5.41, 5.74) is 12.1. The zero-order chi connectivity index (χ0) is 15.7. The fourth-order valence-corrected chi connectivity index (χ4v) is 2.72. The number of aliphatic hydroxyl groups is 1. The number of hydrogen-bond donors (Lipinski definition) is 2. The summed E-state index contributed by atoms with van der Waals surface area (Å²) in [6.07, 6.45) is 0.982. The largest absolute Gasteiger partial charge is 0.398 e. The second kappa shape index (κ2) is 5.81. The van der Waals surface area contributed by atoms with Gasteiger partial charge in [-0.15, -0.1) is 0 Å². The van der Waals surface area contributed by atoms with Crippen molar-refractivity contribution in [2.24, 2.45) is 0 Å². The maximum absolute atomic E-state index is 9.40. The predicted octanol–water partition coefficient (Wildman–Crippen LogP) is 3.15. The molecule has 0 atom stereocenters. The van der Waals surface area contributed by atoms with Gasteiger partial charge in [-0.1, -0.05) is 25.1 Å². The Balaban J connectivity index is 2.22. The lowest BCUT2D eigenvalue weighted by Crippen LogP contribution is -2.04. The standard InChI is InChI=1S/C18H21N3O/c1-3-13-5-7-17-16(10-13)20-18(21(17)8-9-22)14-6-4-12(2)15(19)11-14/h4-7,10-11,22H,3,8-9,19H2,1-2H3. The van der Waals surface area contributed by atoms with Gasteiger partial charge in [0.05, 0.1) is 17.6 Å². The summed E-state index contributed by atoms with van der Waals surface area (Å²) in [5, 5.41) is 9.40. The van der Waals surface area contributed by atoms with E-state index >= 15 is 0 Å². The molecule has 4 heteroatoms. The molecular formula is C18H21N3O. The molecule has 0 aliphatic heterocycles. The molecule has 2 aromatic carbocycles. The number of hydrogen-bond acceptors (Lipinski definition) is 3. The molecule has 0 radical (unpaired) electrons. The number of rotatable bonds is 4. The summed E-state index contributed by atoms with van der Waals surface area (Å²) in [7, 11) is 0. The van der Waals surface area contributed by atoms with Crippen molar-refractivity contribution >= 4 is 16.7 Å². The minimum atomic E-state index is 0.0787. The van der Waals surface area contributed by atoms with Crippen LogP contribution in [0.3, 0.4) is 0 Å². The van der Waals surface area contributed by atoms with E-state index in [0.717, 1.165) is 40.1 Å². The Hall–Kier alpha value is -2.33. The number of nitrogens with zero attached hydrogens (tertiary/aromatic N) is 2. The van der Waals surface area contributed by atoms with Crippen LogP contribution >= 0.6 is 0 Å². The van der Waals surface area contributed by atoms with Gasteiger partial charge in [-0.25, -0.2) is 4.98 Å². The van der Waals surface area contributed by atoms with Crippen molar-refractivity contribution in [3.63, 3.8) is 0 Å². The van der Waals surface area contributed by atoms with E-state index < -0.39 is 0 Å². The number of anilines is 1. The average molecular weight is 295 g/mol. The van der Waals surface area contributed by atoms with E-state index in [9.17, 15) is 5.11 Å². The van der Waals surface area contributed by atoms with Crippen LogP contribution in [0.15, 0.2) is 36.4 Å². The zero-order valence-corrected chi connectivity index (χ0v) is 13.0. The third kappa shape index (κ3) is 2.46. The van der Waals surface area contributed by atoms with E-state index in [4.69, 9.17) is 10.7 Å². The van der Waals surface area contributed by atoms with Gasteiger partial charge in [-0.05, 0) is 42.7 Å². The summed E-state index contributed by atoms with van der Waals surface area (Å²) in [5.74, 6) is 0.851. The number of aliphatic hydroxyl groups excluding tert-OH is 1. The van der Waals surface area contributed by atoms with Gasteiger partial charge in [0.2, 0.25) is 0 Å². The third-order valence-corrected chi connectivity index (χ3v) is 4.08. The number of aromatic nitrogens is 2. The second-order valence-corrected chi connectivity index (χ2v) is 5.56. The molecule has 3 rings (SSSR count). The molecule has 0 aliphatic rings.